The highest BCUT2D eigenvalue weighted by Gasteiger charge is 2.20. The van der Waals surface area contributed by atoms with Gasteiger partial charge in [-0.05, 0) is 30.5 Å². The maximum absolute atomic E-state index is 6.11. The fourth-order valence-corrected chi connectivity index (χ4v) is 3.56. The third-order valence-electron chi connectivity index (χ3n) is 4.56. The van der Waals surface area contributed by atoms with Crippen LogP contribution in [0.3, 0.4) is 0 Å². The van der Waals surface area contributed by atoms with Gasteiger partial charge in [-0.1, -0.05) is 52.3 Å². The van der Waals surface area contributed by atoms with Crippen LogP contribution in [0.5, 0.6) is 5.75 Å². The van der Waals surface area contributed by atoms with Gasteiger partial charge in [-0.2, -0.15) is 0 Å². The van der Waals surface area contributed by atoms with Crippen LogP contribution in [0.25, 0.3) is 0 Å². The molecule has 1 fully saturated rings. The molecule has 0 amide bonds. The molecule has 1 aliphatic heterocycles. The highest BCUT2D eigenvalue weighted by molar-refractivity contribution is 9.10. The molecule has 0 spiro atoms. The summed E-state index contributed by atoms with van der Waals surface area (Å²) >= 11 is 3.69. The van der Waals surface area contributed by atoms with Crippen molar-refractivity contribution in [1.29, 1.82) is 0 Å². The Morgan fingerprint density at radius 1 is 1.04 bits per heavy atom. The SMILES string of the molecule is COC1CCN(Cc2c(Br)cccc2OCc2ccccc2)CC1. The number of likely N-dealkylation sites (tertiary alicyclic amines) is 1. The van der Waals surface area contributed by atoms with Crippen LogP contribution in [0, 0.1) is 0 Å². The number of rotatable bonds is 6. The number of hydrogen-bond acceptors (Lipinski definition) is 3. The Hall–Kier alpha value is -1.36. The van der Waals surface area contributed by atoms with E-state index in [1.807, 2.05) is 31.4 Å². The zero-order chi connectivity index (χ0) is 16.8. The maximum Gasteiger partial charge on any atom is 0.125 e. The number of halogens is 1. The Labute approximate surface area is 152 Å². The molecule has 1 heterocycles. The van der Waals surface area contributed by atoms with Crippen LogP contribution in [-0.4, -0.2) is 31.2 Å². The molecule has 3 rings (SSSR count). The summed E-state index contributed by atoms with van der Waals surface area (Å²) in [6.45, 7) is 3.63. The summed E-state index contributed by atoms with van der Waals surface area (Å²) in [5, 5.41) is 0. The van der Waals surface area contributed by atoms with Crippen LogP contribution in [0.4, 0.5) is 0 Å². The van der Waals surface area contributed by atoms with Crippen molar-refractivity contribution in [2.75, 3.05) is 20.2 Å². The van der Waals surface area contributed by atoms with Crippen molar-refractivity contribution in [3.8, 4) is 5.75 Å². The van der Waals surface area contributed by atoms with E-state index < -0.39 is 0 Å². The van der Waals surface area contributed by atoms with Crippen LogP contribution < -0.4 is 4.74 Å². The zero-order valence-corrected chi connectivity index (χ0v) is 15.7. The Morgan fingerprint density at radius 3 is 2.50 bits per heavy atom. The summed E-state index contributed by atoms with van der Waals surface area (Å²) in [6, 6.07) is 16.5. The lowest BCUT2D eigenvalue weighted by molar-refractivity contribution is 0.0385. The lowest BCUT2D eigenvalue weighted by Crippen LogP contribution is -2.36. The minimum absolute atomic E-state index is 0.411. The molecule has 1 aliphatic rings. The van der Waals surface area contributed by atoms with Gasteiger partial charge >= 0.3 is 0 Å². The van der Waals surface area contributed by atoms with Gasteiger partial charge in [0, 0.05) is 36.8 Å². The van der Waals surface area contributed by atoms with Crippen molar-refractivity contribution in [3.63, 3.8) is 0 Å². The van der Waals surface area contributed by atoms with Gasteiger partial charge in [-0.3, -0.25) is 4.90 Å². The van der Waals surface area contributed by atoms with E-state index in [2.05, 4.69) is 45.1 Å². The fraction of sp³-hybridized carbons (Fsp3) is 0.400. The molecule has 0 atom stereocenters. The second-order valence-corrected chi connectivity index (χ2v) is 7.06. The van der Waals surface area contributed by atoms with E-state index in [1.54, 1.807) is 0 Å². The molecule has 2 aromatic rings. The molecule has 0 N–H and O–H groups in total. The standard InChI is InChI=1S/C20H24BrNO2/c1-23-17-10-12-22(13-11-17)14-18-19(21)8-5-9-20(18)24-15-16-6-3-2-4-7-16/h2-9,17H,10-15H2,1H3. The summed E-state index contributed by atoms with van der Waals surface area (Å²) in [6.07, 6.45) is 2.61. The predicted molar refractivity (Wildman–Crippen MR) is 100 cm³/mol. The van der Waals surface area contributed by atoms with Gasteiger partial charge in [0.05, 0.1) is 6.10 Å². The van der Waals surface area contributed by atoms with Gasteiger partial charge in [0.1, 0.15) is 12.4 Å². The molecule has 0 bridgehead atoms. The van der Waals surface area contributed by atoms with Crippen molar-refractivity contribution < 1.29 is 9.47 Å². The number of ether oxygens (including phenoxy) is 2. The summed E-state index contributed by atoms with van der Waals surface area (Å²) in [5.74, 6) is 0.960. The Kier molecular flexibility index (Phi) is 6.30. The first-order valence-electron chi connectivity index (χ1n) is 8.45. The monoisotopic (exact) mass is 389 g/mol. The molecule has 0 unspecified atom stereocenters. The van der Waals surface area contributed by atoms with Gasteiger partial charge in [0.25, 0.3) is 0 Å². The van der Waals surface area contributed by atoms with E-state index in [0.29, 0.717) is 12.7 Å². The molecular weight excluding hydrogens is 366 g/mol. The van der Waals surface area contributed by atoms with E-state index in [1.165, 1.54) is 11.1 Å². The predicted octanol–water partition coefficient (Wildman–Crippen LogP) is 4.64. The number of hydrogen-bond donors (Lipinski definition) is 0. The molecule has 0 aliphatic carbocycles. The average molecular weight is 390 g/mol. The fourth-order valence-electron chi connectivity index (χ4n) is 3.09. The molecule has 0 radical (unpaired) electrons. The highest BCUT2D eigenvalue weighted by Crippen LogP contribution is 2.30. The third-order valence-corrected chi connectivity index (χ3v) is 5.31. The lowest BCUT2D eigenvalue weighted by Gasteiger charge is -2.31. The normalized spacial score (nSPS) is 16.2. The minimum atomic E-state index is 0.411. The highest BCUT2D eigenvalue weighted by atomic mass is 79.9. The van der Waals surface area contributed by atoms with Crippen LogP contribution >= 0.6 is 15.9 Å². The van der Waals surface area contributed by atoms with Crippen LogP contribution in [-0.2, 0) is 17.9 Å². The van der Waals surface area contributed by atoms with Crippen molar-refractivity contribution in [1.82, 2.24) is 4.90 Å². The Balaban J connectivity index is 1.66. The van der Waals surface area contributed by atoms with Crippen molar-refractivity contribution in [2.45, 2.75) is 32.1 Å². The Bertz CT molecular complexity index is 639. The average Bonchev–Trinajstić information content (AvgIpc) is 2.63. The molecule has 2 aromatic carbocycles. The number of nitrogens with zero attached hydrogens (tertiary/aromatic N) is 1. The number of methoxy groups -OCH3 is 1. The first kappa shape index (κ1) is 17.5. The van der Waals surface area contributed by atoms with Crippen molar-refractivity contribution in [3.05, 3.63) is 64.1 Å². The summed E-state index contributed by atoms with van der Waals surface area (Å²) in [7, 11) is 1.81. The first-order valence-corrected chi connectivity index (χ1v) is 9.25. The first-order chi connectivity index (χ1) is 11.8. The van der Waals surface area contributed by atoms with Gasteiger partial charge in [0.15, 0.2) is 0 Å². The Morgan fingerprint density at radius 2 is 1.79 bits per heavy atom. The van der Waals surface area contributed by atoms with E-state index in [0.717, 1.165) is 42.7 Å². The van der Waals surface area contributed by atoms with Crippen LogP contribution in [0.15, 0.2) is 53.0 Å². The van der Waals surface area contributed by atoms with Crippen LogP contribution in [0.2, 0.25) is 0 Å². The molecule has 3 nitrogen and oxygen atoms in total. The summed E-state index contributed by atoms with van der Waals surface area (Å²) in [5.41, 5.74) is 2.41. The van der Waals surface area contributed by atoms with E-state index in [9.17, 15) is 0 Å². The molecule has 24 heavy (non-hydrogen) atoms. The van der Waals surface area contributed by atoms with E-state index >= 15 is 0 Å². The van der Waals surface area contributed by atoms with E-state index in [4.69, 9.17) is 9.47 Å². The van der Waals surface area contributed by atoms with Gasteiger partial charge in [-0.15, -0.1) is 0 Å². The second-order valence-electron chi connectivity index (χ2n) is 6.20. The number of piperidine rings is 1. The smallest absolute Gasteiger partial charge is 0.125 e. The quantitative estimate of drug-likeness (QED) is 0.718. The molecule has 1 saturated heterocycles. The molecule has 0 aromatic heterocycles. The summed E-state index contributed by atoms with van der Waals surface area (Å²) in [4.78, 5) is 2.48. The largest absolute Gasteiger partial charge is 0.489 e. The van der Waals surface area contributed by atoms with Crippen molar-refractivity contribution >= 4 is 15.9 Å². The molecular formula is C20H24BrNO2. The topological polar surface area (TPSA) is 21.7 Å². The number of benzene rings is 2. The molecule has 4 heteroatoms. The summed E-state index contributed by atoms with van der Waals surface area (Å²) < 4.78 is 12.7. The van der Waals surface area contributed by atoms with Crippen LogP contribution in [0.1, 0.15) is 24.0 Å². The minimum Gasteiger partial charge on any atom is -0.489 e. The maximum atomic E-state index is 6.11. The molecule has 0 saturated carbocycles. The van der Waals surface area contributed by atoms with Crippen molar-refractivity contribution in [2.24, 2.45) is 0 Å². The molecule has 128 valence electrons. The van der Waals surface area contributed by atoms with Gasteiger partial charge in [0.2, 0.25) is 0 Å². The third kappa shape index (κ3) is 4.59. The van der Waals surface area contributed by atoms with Gasteiger partial charge < -0.3 is 9.47 Å². The second kappa shape index (κ2) is 8.65. The van der Waals surface area contributed by atoms with Gasteiger partial charge in [-0.25, -0.2) is 0 Å². The lowest BCUT2D eigenvalue weighted by atomic mass is 10.1. The van der Waals surface area contributed by atoms with E-state index in [-0.39, 0.29) is 0 Å². The zero-order valence-electron chi connectivity index (χ0n) is 14.1.